The zero-order chi connectivity index (χ0) is 18.5. The molecular weight excluding hydrogens is 377 g/mol. The van der Waals surface area contributed by atoms with E-state index >= 15 is 0 Å². The predicted molar refractivity (Wildman–Crippen MR) is 100 cm³/mol. The molecule has 3 rings (SSSR count). The highest BCUT2D eigenvalue weighted by Gasteiger charge is 2.11. The largest absolute Gasteiger partial charge is 0.326 e. The summed E-state index contributed by atoms with van der Waals surface area (Å²) in [5, 5.41) is 7.98. The third kappa shape index (κ3) is 4.87. The molecule has 2 aromatic carbocycles. The molecule has 0 aliphatic rings. The highest BCUT2D eigenvalue weighted by molar-refractivity contribution is 7.14. The molecule has 0 radical (unpaired) electrons. The first-order chi connectivity index (χ1) is 12.5. The van der Waals surface area contributed by atoms with Gasteiger partial charge in [-0.3, -0.25) is 14.9 Å². The lowest BCUT2D eigenvalue weighted by atomic mass is 10.2. The quantitative estimate of drug-likeness (QED) is 0.680. The molecule has 0 aliphatic carbocycles. The van der Waals surface area contributed by atoms with Gasteiger partial charge in [0.2, 0.25) is 5.91 Å². The highest BCUT2D eigenvalue weighted by Crippen LogP contribution is 2.18. The second-order valence-electron chi connectivity index (χ2n) is 5.34. The molecule has 0 aliphatic heterocycles. The zero-order valence-corrected chi connectivity index (χ0v) is 14.9. The van der Waals surface area contributed by atoms with Gasteiger partial charge in [0.1, 0.15) is 5.82 Å². The molecule has 1 heterocycles. The Morgan fingerprint density at radius 2 is 1.73 bits per heavy atom. The monoisotopic (exact) mass is 389 g/mol. The molecule has 3 aromatic rings. The number of nitrogens with one attached hydrogen (secondary N) is 2. The molecule has 0 spiro atoms. The Kier molecular flexibility index (Phi) is 5.60. The molecule has 0 atom stereocenters. The average molecular weight is 390 g/mol. The minimum atomic E-state index is -0.372. The maximum atomic E-state index is 12.9. The van der Waals surface area contributed by atoms with Gasteiger partial charge in [-0.2, -0.15) is 0 Å². The molecule has 0 bridgehead atoms. The van der Waals surface area contributed by atoms with Crippen LogP contribution in [0.15, 0.2) is 53.9 Å². The van der Waals surface area contributed by atoms with Crippen LogP contribution in [0.3, 0.4) is 0 Å². The van der Waals surface area contributed by atoms with E-state index in [4.69, 9.17) is 11.6 Å². The lowest BCUT2D eigenvalue weighted by molar-refractivity contribution is -0.115. The normalized spacial score (nSPS) is 10.4. The van der Waals surface area contributed by atoms with Gasteiger partial charge in [0.25, 0.3) is 5.91 Å². The van der Waals surface area contributed by atoms with Crippen molar-refractivity contribution in [2.45, 2.75) is 6.42 Å². The summed E-state index contributed by atoms with van der Waals surface area (Å²) in [6, 6.07) is 12.0. The molecule has 8 heteroatoms. The Bertz CT molecular complexity index is 926. The molecule has 0 fully saturated rings. The summed E-state index contributed by atoms with van der Waals surface area (Å²) in [6.45, 7) is 0. The summed E-state index contributed by atoms with van der Waals surface area (Å²) < 4.78 is 12.9. The van der Waals surface area contributed by atoms with Crippen molar-refractivity contribution in [2.75, 3.05) is 10.6 Å². The molecule has 5 nitrogen and oxygen atoms in total. The van der Waals surface area contributed by atoms with Gasteiger partial charge < -0.3 is 5.32 Å². The number of nitrogens with zero attached hydrogens (tertiary/aromatic N) is 1. The number of carbonyl (C=O) groups excluding carboxylic acids is 2. The number of anilines is 2. The maximum Gasteiger partial charge on any atom is 0.257 e. The Morgan fingerprint density at radius 3 is 2.42 bits per heavy atom. The fourth-order valence-corrected chi connectivity index (χ4v) is 2.95. The molecule has 26 heavy (non-hydrogen) atoms. The van der Waals surface area contributed by atoms with E-state index in [9.17, 15) is 14.0 Å². The van der Waals surface area contributed by atoms with Crippen molar-refractivity contribution < 1.29 is 14.0 Å². The van der Waals surface area contributed by atoms with Crippen molar-refractivity contribution in [1.29, 1.82) is 0 Å². The van der Waals surface area contributed by atoms with Gasteiger partial charge in [-0.05, 0) is 48.5 Å². The Balaban J connectivity index is 1.57. The first kappa shape index (κ1) is 18.0. The molecule has 2 amide bonds. The molecule has 0 saturated heterocycles. The Hall–Kier alpha value is -2.77. The number of aromatic nitrogens is 1. The van der Waals surface area contributed by atoms with E-state index in [1.54, 1.807) is 29.6 Å². The summed E-state index contributed by atoms with van der Waals surface area (Å²) in [6.07, 6.45) is 0.0463. The minimum Gasteiger partial charge on any atom is -0.326 e. The van der Waals surface area contributed by atoms with Crippen LogP contribution >= 0.6 is 22.9 Å². The number of hydrogen-bond donors (Lipinski definition) is 2. The van der Waals surface area contributed by atoms with E-state index in [1.165, 1.54) is 35.6 Å². The maximum absolute atomic E-state index is 12.9. The van der Waals surface area contributed by atoms with Gasteiger partial charge in [-0.15, -0.1) is 11.3 Å². The highest BCUT2D eigenvalue weighted by atomic mass is 35.5. The Morgan fingerprint density at radius 1 is 1.04 bits per heavy atom. The second kappa shape index (κ2) is 8.07. The number of carbonyl (C=O) groups is 2. The van der Waals surface area contributed by atoms with Crippen molar-refractivity contribution in [3.05, 3.63) is 76.0 Å². The SMILES string of the molecule is O=C(Cc1csc(NC(=O)c2ccc(Cl)cc2)n1)Nc1ccc(F)cc1. The van der Waals surface area contributed by atoms with E-state index in [0.717, 1.165) is 0 Å². The smallest absolute Gasteiger partial charge is 0.257 e. The summed E-state index contributed by atoms with van der Waals surface area (Å²) in [5.74, 6) is -0.959. The van der Waals surface area contributed by atoms with Crippen LogP contribution < -0.4 is 10.6 Å². The van der Waals surface area contributed by atoms with Crippen LogP contribution in [0.5, 0.6) is 0 Å². The summed E-state index contributed by atoms with van der Waals surface area (Å²) in [4.78, 5) is 28.4. The van der Waals surface area contributed by atoms with Crippen molar-refractivity contribution in [3.63, 3.8) is 0 Å². The number of hydrogen-bond acceptors (Lipinski definition) is 4. The van der Waals surface area contributed by atoms with Crippen LogP contribution in [0.1, 0.15) is 16.1 Å². The number of amides is 2. The number of benzene rings is 2. The van der Waals surface area contributed by atoms with Crippen LogP contribution in [0.2, 0.25) is 5.02 Å². The molecule has 2 N–H and O–H groups in total. The molecule has 0 unspecified atom stereocenters. The zero-order valence-electron chi connectivity index (χ0n) is 13.3. The van der Waals surface area contributed by atoms with Crippen LogP contribution in [-0.2, 0) is 11.2 Å². The fourth-order valence-electron chi connectivity index (χ4n) is 2.12. The lowest BCUT2D eigenvalue weighted by Gasteiger charge is -2.03. The third-order valence-corrected chi connectivity index (χ3v) is 4.41. The minimum absolute atomic E-state index is 0.0463. The van der Waals surface area contributed by atoms with Gasteiger partial charge >= 0.3 is 0 Å². The van der Waals surface area contributed by atoms with Crippen LogP contribution in [-0.4, -0.2) is 16.8 Å². The number of rotatable bonds is 5. The molecule has 132 valence electrons. The Labute approximate surface area is 157 Å². The van der Waals surface area contributed by atoms with Crippen molar-refractivity contribution in [3.8, 4) is 0 Å². The van der Waals surface area contributed by atoms with Gasteiger partial charge in [0.15, 0.2) is 5.13 Å². The molecule has 1 aromatic heterocycles. The predicted octanol–water partition coefficient (Wildman–Crippen LogP) is 4.37. The van der Waals surface area contributed by atoms with Gasteiger partial charge in [0, 0.05) is 21.7 Å². The number of thiazole rings is 1. The second-order valence-corrected chi connectivity index (χ2v) is 6.63. The van der Waals surface area contributed by atoms with Gasteiger partial charge in [-0.25, -0.2) is 9.37 Å². The van der Waals surface area contributed by atoms with Crippen molar-refractivity contribution >= 4 is 45.6 Å². The molecule has 0 saturated carbocycles. The van der Waals surface area contributed by atoms with E-state index in [2.05, 4.69) is 15.6 Å². The first-order valence-electron chi connectivity index (χ1n) is 7.56. The summed E-state index contributed by atoms with van der Waals surface area (Å²) >= 11 is 7.02. The number of halogens is 2. The van der Waals surface area contributed by atoms with Crippen LogP contribution in [0.25, 0.3) is 0 Å². The standard InChI is InChI=1S/C18H13ClFN3O2S/c19-12-3-1-11(2-4-12)17(25)23-18-22-15(10-26-18)9-16(24)21-14-7-5-13(20)6-8-14/h1-8,10H,9H2,(H,21,24)(H,22,23,25). The third-order valence-electron chi connectivity index (χ3n) is 3.35. The molecular formula is C18H13ClFN3O2S. The lowest BCUT2D eigenvalue weighted by Crippen LogP contribution is -2.15. The summed E-state index contributed by atoms with van der Waals surface area (Å²) in [7, 11) is 0. The van der Waals surface area contributed by atoms with E-state index in [1.807, 2.05) is 0 Å². The topological polar surface area (TPSA) is 71.1 Å². The van der Waals surface area contributed by atoms with Crippen LogP contribution in [0.4, 0.5) is 15.2 Å². The average Bonchev–Trinajstić information content (AvgIpc) is 3.04. The van der Waals surface area contributed by atoms with Gasteiger partial charge in [0.05, 0.1) is 12.1 Å². The fraction of sp³-hybridized carbons (Fsp3) is 0.0556. The van der Waals surface area contributed by atoms with Crippen LogP contribution in [0, 0.1) is 5.82 Å². The van der Waals surface area contributed by atoms with E-state index in [0.29, 0.717) is 27.1 Å². The summed E-state index contributed by atoms with van der Waals surface area (Å²) in [5.41, 5.74) is 1.49. The van der Waals surface area contributed by atoms with Crippen molar-refractivity contribution in [1.82, 2.24) is 4.98 Å². The van der Waals surface area contributed by atoms with Crippen molar-refractivity contribution in [2.24, 2.45) is 0 Å². The van der Waals surface area contributed by atoms with E-state index in [-0.39, 0.29) is 24.1 Å². The van der Waals surface area contributed by atoms with Gasteiger partial charge in [-0.1, -0.05) is 11.6 Å². The van der Waals surface area contributed by atoms with E-state index < -0.39 is 0 Å². The first-order valence-corrected chi connectivity index (χ1v) is 8.82.